The van der Waals surface area contributed by atoms with Gasteiger partial charge in [0, 0.05) is 17.8 Å². The monoisotopic (exact) mass is 962 g/mol. The summed E-state index contributed by atoms with van der Waals surface area (Å²) in [6.07, 6.45) is -1.16. The van der Waals surface area contributed by atoms with Crippen LogP contribution in [-0.4, -0.2) is 67.3 Å². The van der Waals surface area contributed by atoms with Crippen molar-refractivity contribution in [2.24, 2.45) is 0 Å². The summed E-state index contributed by atoms with van der Waals surface area (Å²) in [6.45, 7) is 3.62. The molecule has 1 heterocycles. The van der Waals surface area contributed by atoms with Crippen molar-refractivity contribution >= 4 is 11.7 Å². The molecule has 0 unspecified atom stereocenters. The number of aromatic nitrogens is 1. The summed E-state index contributed by atoms with van der Waals surface area (Å²) in [4.78, 5) is 39.9. The predicted molar refractivity (Wildman–Crippen MR) is 267 cm³/mol. The van der Waals surface area contributed by atoms with Crippen LogP contribution in [0.2, 0.25) is 0 Å². The number of nitro benzene ring substituents is 1. The average Bonchev–Trinajstić information content (AvgIpc) is 3.40. The minimum atomic E-state index is -0.893. The maximum absolute atomic E-state index is 15.1. The van der Waals surface area contributed by atoms with Gasteiger partial charge in [0.05, 0.1) is 77.0 Å². The highest BCUT2D eigenvalue weighted by Gasteiger charge is 2.28. The van der Waals surface area contributed by atoms with Crippen molar-refractivity contribution in [3.63, 3.8) is 0 Å². The number of carbonyl (C=O) groups is 1. The van der Waals surface area contributed by atoms with E-state index in [-0.39, 0.29) is 69.0 Å². The molecule has 0 radical (unpaired) electrons. The van der Waals surface area contributed by atoms with E-state index in [1.807, 2.05) is 152 Å². The van der Waals surface area contributed by atoms with Gasteiger partial charge in [-0.25, -0.2) is 4.79 Å². The Balaban J connectivity index is 1.19. The molecule has 0 spiro atoms. The molecule has 0 aliphatic rings. The fraction of sp³-hybridized carbons (Fsp3) is 0.263. The number of benzene rings is 6. The largest absolute Gasteiger partial charge is 0.482 e. The number of hydrogen-bond donors (Lipinski definition) is 0. The quantitative estimate of drug-likeness (QED) is 0.0190. The SMILES string of the molecule is Cc1cc(C(=O)Oc2ccc([N+](=O)[O-])cc2)c(OCc2ccccc2)c(=O)n1C(COC(COCc1ccccc1)COCc1ccccc1)COC(COCc1ccccc1)COCc1ccccc1. The lowest BCUT2D eigenvalue weighted by Crippen LogP contribution is -2.38. The molecule has 6 aromatic carbocycles. The number of carbonyl (C=O) groups excluding carboxylic acids is 1. The van der Waals surface area contributed by atoms with Crippen LogP contribution in [0, 0.1) is 17.0 Å². The molecule has 0 fully saturated rings. The first-order valence-electron chi connectivity index (χ1n) is 23.4. The van der Waals surface area contributed by atoms with E-state index in [0.29, 0.717) is 32.1 Å². The summed E-state index contributed by atoms with van der Waals surface area (Å²) >= 11 is 0. The third-order valence-corrected chi connectivity index (χ3v) is 11.2. The van der Waals surface area contributed by atoms with Crippen LogP contribution in [0.4, 0.5) is 5.69 Å². The maximum Gasteiger partial charge on any atom is 0.347 e. The van der Waals surface area contributed by atoms with E-state index in [1.165, 1.54) is 34.9 Å². The standard InChI is InChI=1S/C57H58N2O12/c1-43-31-54(57(61)71-51-29-27-49(28-30-51)59(62)63)55(70-36-48-25-15-6-16-26-48)56(60)58(43)50(37-68-52(39-64-32-44-17-7-2-8-18-44)40-65-33-45-19-9-3-10-20-45)38-69-53(41-66-34-46-21-11-4-12-22-46)42-67-35-47-23-13-5-14-24-47/h2-31,50,52-53H,32-42H2,1H3. The minimum absolute atomic E-state index is 0.0427. The van der Waals surface area contributed by atoms with E-state index in [4.69, 9.17) is 37.9 Å². The molecule has 0 atom stereocenters. The van der Waals surface area contributed by atoms with Gasteiger partial charge in [-0.3, -0.25) is 14.9 Å². The molecule has 14 nitrogen and oxygen atoms in total. The van der Waals surface area contributed by atoms with Crippen molar-refractivity contribution in [2.75, 3.05) is 39.6 Å². The van der Waals surface area contributed by atoms with Crippen LogP contribution in [0.3, 0.4) is 0 Å². The highest BCUT2D eigenvalue weighted by Crippen LogP contribution is 2.25. The number of esters is 1. The Morgan fingerprint density at radius 2 is 0.887 bits per heavy atom. The molecular formula is C57H58N2O12. The van der Waals surface area contributed by atoms with Gasteiger partial charge in [-0.1, -0.05) is 152 Å². The summed E-state index contributed by atoms with van der Waals surface area (Å²) in [5.41, 5.74) is 4.16. The van der Waals surface area contributed by atoms with E-state index in [2.05, 4.69) is 0 Å². The van der Waals surface area contributed by atoms with Gasteiger partial charge in [-0.05, 0) is 52.9 Å². The molecule has 0 saturated carbocycles. The van der Waals surface area contributed by atoms with Gasteiger partial charge >= 0.3 is 5.97 Å². The molecular weight excluding hydrogens is 905 g/mol. The molecule has 0 aliphatic carbocycles. The first-order valence-corrected chi connectivity index (χ1v) is 23.4. The number of pyridine rings is 1. The number of hydrogen-bond acceptors (Lipinski definition) is 12. The summed E-state index contributed by atoms with van der Waals surface area (Å²) in [5.74, 6) is -1.11. The Morgan fingerprint density at radius 3 is 1.25 bits per heavy atom. The Bertz CT molecular complexity index is 2540. The number of aryl methyl sites for hydroxylation is 1. The van der Waals surface area contributed by atoms with Crippen molar-refractivity contribution < 1.29 is 47.6 Å². The van der Waals surface area contributed by atoms with Gasteiger partial charge in [0.2, 0.25) is 0 Å². The molecule has 0 aliphatic heterocycles. The van der Waals surface area contributed by atoms with Crippen LogP contribution in [0.1, 0.15) is 49.9 Å². The lowest BCUT2D eigenvalue weighted by Gasteiger charge is -2.28. The number of ether oxygens (including phenoxy) is 8. The van der Waals surface area contributed by atoms with Gasteiger partial charge in [-0.2, -0.15) is 0 Å². The van der Waals surface area contributed by atoms with Gasteiger partial charge < -0.3 is 42.5 Å². The average molecular weight is 963 g/mol. The van der Waals surface area contributed by atoms with Crippen LogP contribution in [-0.2, 0) is 61.5 Å². The van der Waals surface area contributed by atoms with Crippen LogP contribution in [0.15, 0.2) is 187 Å². The second-order valence-corrected chi connectivity index (χ2v) is 16.7. The van der Waals surface area contributed by atoms with E-state index in [9.17, 15) is 14.9 Å². The van der Waals surface area contributed by atoms with E-state index < -0.39 is 34.7 Å². The highest BCUT2D eigenvalue weighted by molar-refractivity contribution is 5.94. The number of nitrogens with zero attached hydrogens (tertiary/aromatic N) is 2. The van der Waals surface area contributed by atoms with Crippen LogP contribution < -0.4 is 15.0 Å². The topological polar surface area (TPSA) is 156 Å². The van der Waals surface area contributed by atoms with Gasteiger partial charge in [-0.15, -0.1) is 0 Å². The molecule has 0 saturated heterocycles. The summed E-state index contributed by atoms with van der Waals surface area (Å²) in [7, 11) is 0. The maximum atomic E-state index is 15.1. The molecule has 1 aromatic heterocycles. The first-order chi connectivity index (χ1) is 34.8. The number of non-ortho nitro benzene ring substituents is 1. The summed E-state index contributed by atoms with van der Waals surface area (Å²) < 4.78 is 51.5. The normalized spacial score (nSPS) is 11.3. The van der Waals surface area contributed by atoms with Gasteiger partial charge in [0.1, 0.15) is 30.1 Å². The summed E-state index contributed by atoms with van der Waals surface area (Å²) in [5, 5.41) is 11.3. The zero-order chi connectivity index (χ0) is 49.5. The molecule has 0 bridgehead atoms. The number of nitro groups is 1. The van der Waals surface area contributed by atoms with E-state index in [1.54, 1.807) is 6.92 Å². The minimum Gasteiger partial charge on any atom is -0.482 e. The molecule has 7 rings (SSSR count). The van der Waals surface area contributed by atoms with Crippen molar-refractivity contribution in [2.45, 2.75) is 58.2 Å². The van der Waals surface area contributed by atoms with E-state index in [0.717, 1.165) is 27.8 Å². The zero-order valence-electron chi connectivity index (χ0n) is 39.6. The second-order valence-electron chi connectivity index (χ2n) is 16.7. The molecule has 71 heavy (non-hydrogen) atoms. The lowest BCUT2D eigenvalue weighted by atomic mass is 10.1. The van der Waals surface area contributed by atoms with Crippen molar-refractivity contribution in [3.05, 3.63) is 242 Å². The molecule has 0 amide bonds. The summed E-state index contributed by atoms with van der Waals surface area (Å²) in [6, 6.07) is 54.3. The van der Waals surface area contributed by atoms with Crippen molar-refractivity contribution in [3.8, 4) is 11.5 Å². The lowest BCUT2D eigenvalue weighted by molar-refractivity contribution is -0.384. The smallest absolute Gasteiger partial charge is 0.347 e. The van der Waals surface area contributed by atoms with Crippen molar-refractivity contribution in [1.82, 2.24) is 4.57 Å². The van der Waals surface area contributed by atoms with Crippen molar-refractivity contribution in [1.29, 1.82) is 0 Å². The Kier molecular flexibility index (Phi) is 20.2. The van der Waals surface area contributed by atoms with E-state index >= 15 is 4.79 Å². The van der Waals surface area contributed by atoms with Crippen LogP contribution >= 0.6 is 0 Å². The molecule has 368 valence electrons. The molecule has 0 N–H and O–H groups in total. The third-order valence-electron chi connectivity index (χ3n) is 11.2. The molecule has 7 aromatic rings. The second kappa shape index (κ2) is 27.8. The van der Waals surface area contributed by atoms with Crippen LogP contribution in [0.25, 0.3) is 0 Å². The zero-order valence-corrected chi connectivity index (χ0v) is 39.6. The Labute approximate surface area is 413 Å². The fourth-order valence-electron chi connectivity index (χ4n) is 7.51. The Hall–Kier alpha value is -7.30. The van der Waals surface area contributed by atoms with Crippen LogP contribution in [0.5, 0.6) is 11.5 Å². The van der Waals surface area contributed by atoms with Gasteiger partial charge in [0.25, 0.3) is 11.2 Å². The number of rotatable bonds is 29. The molecule has 14 heteroatoms. The highest BCUT2D eigenvalue weighted by atomic mass is 16.6. The Morgan fingerprint density at radius 1 is 0.521 bits per heavy atom. The predicted octanol–water partition coefficient (Wildman–Crippen LogP) is 10.0. The van der Waals surface area contributed by atoms with Gasteiger partial charge in [0.15, 0.2) is 5.75 Å². The fourth-order valence-corrected chi connectivity index (χ4v) is 7.51. The third kappa shape index (κ3) is 16.7. The first kappa shape index (κ1) is 51.5.